The van der Waals surface area contributed by atoms with Crippen LogP contribution in [-0.4, -0.2) is 16.5 Å². The van der Waals surface area contributed by atoms with E-state index in [1.807, 2.05) is 13.0 Å². The molecule has 0 fully saturated rings. The molecule has 0 saturated heterocycles. The molecule has 0 aliphatic carbocycles. The first-order valence-corrected chi connectivity index (χ1v) is 8.02. The minimum atomic E-state index is 0.698. The number of anilines is 3. The van der Waals surface area contributed by atoms with Gasteiger partial charge >= 0.3 is 0 Å². The lowest BCUT2D eigenvalue weighted by Gasteiger charge is -2.12. The predicted octanol–water partition coefficient (Wildman–Crippen LogP) is 4.75. The number of benzene rings is 1. The fraction of sp³-hybridized carbons (Fsp3) is 0.444. The van der Waals surface area contributed by atoms with E-state index in [9.17, 15) is 0 Å². The molecule has 1 heterocycles. The maximum absolute atomic E-state index is 4.56. The summed E-state index contributed by atoms with van der Waals surface area (Å²) < 4.78 is 0. The molecule has 0 saturated carbocycles. The summed E-state index contributed by atoms with van der Waals surface area (Å²) in [7, 11) is 0. The van der Waals surface area contributed by atoms with Crippen molar-refractivity contribution in [1.29, 1.82) is 0 Å². The minimum absolute atomic E-state index is 0.698. The Kier molecular flexibility index (Phi) is 5.75. The molecule has 118 valence electrons. The zero-order valence-electron chi connectivity index (χ0n) is 14.0. The first-order valence-electron chi connectivity index (χ1n) is 8.02. The first-order chi connectivity index (χ1) is 10.6. The number of nitrogens with zero attached hydrogens (tertiary/aromatic N) is 2. The molecule has 1 aromatic carbocycles. The van der Waals surface area contributed by atoms with E-state index < -0.39 is 0 Å². The smallest absolute Gasteiger partial charge is 0.224 e. The van der Waals surface area contributed by atoms with E-state index >= 15 is 0 Å². The Morgan fingerprint density at radius 2 is 1.82 bits per heavy atom. The van der Waals surface area contributed by atoms with Crippen molar-refractivity contribution in [3.05, 3.63) is 41.1 Å². The summed E-state index contributed by atoms with van der Waals surface area (Å²) in [6.45, 7) is 9.30. The highest BCUT2D eigenvalue weighted by molar-refractivity contribution is 5.62. The van der Waals surface area contributed by atoms with Gasteiger partial charge in [0.15, 0.2) is 0 Å². The molecule has 1 aromatic heterocycles. The third-order valence-corrected chi connectivity index (χ3v) is 3.57. The fourth-order valence-electron chi connectivity index (χ4n) is 2.30. The molecular formula is C18H26N4. The van der Waals surface area contributed by atoms with Gasteiger partial charge in [-0.25, -0.2) is 4.98 Å². The molecule has 0 spiro atoms. The summed E-state index contributed by atoms with van der Waals surface area (Å²) in [6, 6.07) is 8.35. The van der Waals surface area contributed by atoms with E-state index in [-0.39, 0.29) is 0 Å². The number of hydrogen-bond donors (Lipinski definition) is 2. The SMILES string of the molecule is CCCCCNc1nc(C)cc(Nc2cc(C)ccc2C)n1. The van der Waals surface area contributed by atoms with Gasteiger partial charge in [0.25, 0.3) is 0 Å². The lowest BCUT2D eigenvalue weighted by molar-refractivity contribution is 0.740. The maximum atomic E-state index is 4.56. The van der Waals surface area contributed by atoms with Crippen LogP contribution in [0.2, 0.25) is 0 Å². The van der Waals surface area contributed by atoms with Crippen LogP contribution in [0.25, 0.3) is 0 Å². The van der Waals surface area contributed by atoms with E-state index in [4.69, 9.17) is 0 Å². The molecule has 0 radical (unpaired) electrons. The molecule has 22 heavy (non-hydrogen) atoms. The summed E-state index contributed by atoms with van der Waals surface area (Å²) in [4.78, 5) is 9.01. The standard InChI is InChI=1S/C18H26N4/c1-5-6-7-10-19-18-20-15(4)12-17(22-18)21-16-11-13(2)8-9-14(16)3/h8-9,11-12H,5-7,10H2,1-4H3,(H2,19,20,21,22). The Morgan fingerprint density at radius 1 is 1.00 bits per heavy atom. The van der Waals surface area contributed by atoms with Crippen LogP contribution in [0.5, 0.6) is 0 Å². The fourth-order valence-corrected chi connectivity index (χ4v) is 2.30. The molecule has 0 amide bonds. The van der Waals surface area contributed by atoms with Gasteiger partial charge in [-0.2, -0.15) is 4.98 Å². The topological polar surface area (TPSA) is 49.8 Å². The molecule has 2 rings (SSSR count). The quantitative estimate of drug-likeness (QED) is 0.724. The van der Waals surface area contributed by atoms with Crippen molar-refractivity contribution in [3.8, 4) is 0 Å². The van der Waals surface area contributed by atoms with Crippen LogP contribution in [0.15, 0.2) is 24.3 Å². The molecular weight excluding hydrogens is 272 g/mol. The van der Waals surface area contributed by atoms with Crippen LogP contribution in [0, 0.1) is 20.8 Å². The first kappa shape index (κ1) is 16.3. The van der Waals surface area contributed by atoms with Crippen LogP contribution in [0.1, 0.15) is 43.0 Å². The second-order valence-electron chi connectivity index (χ2n) is 5.80. The van der Waals surface area contributed by atoms with Gasteiger partial charge in [0, 0.05) is 24.0 Å². The highest BCUT2D eigenvalue weighted by Crippen LogP contribution is 2.21. The number of unbranched alkanes of at least 4 members (excludes halogenated alkanes) is 2. The molecule has 2 aromatic rings. The maximum Gasteiger partial charge on any atom is 0.224 e. The second-order valence-corrected chi connectivity index (χ2v) is 5.80. The highest BCUT2D eigenvalue weighted by atomic mass is 15.1. The summed E-state index contributed by atoms with van der Waals surface area (Å²) in [5.74, 6) is 1.53. The summed E-state index contributed by atoms with van der Waals surface area (Å²) >= 11 is 0. The van der Waals surface area contributed by atoms with E-state index in [0.717, 1.165) is 30.2 Å². The molecule has 0 unspecified atom stereocenters. The normalized spacial score (nSPS) is 10.5. The third kappa shape index (κ3) is 4.72. The van der Waals surface area contributed by atoms with Gasteiger partial charge in [0.1, 0.15) is 5.82 Å². The lowest BCUT2D eigenvalue weighted by Crippen LogP contribution is -2.08. The van der Waals surface area contributed by atoms with Crippen molar-refractivity contribution in [2.24, 2.45) is 0 Å². The van der Waals surface area contributed by atoms with Gasteiger partial charge in [-0.1, -0.05) is 31.9 Å². The third-order valence-electron chi connectivity index (χ3n) is 3.57. The van der Waals surface area contributed by atoms with Gasteiger partial charge in [-0.3, -0.25) is 0 Å². The van der Waals surface area contributed by atoms with Crippen LogP contribution in [0.3, 0.4) is 0 Å². The van der Waals surface area contributed by atoms with Gasteiger partial charge in [0.2, 0.25) is 5.95 Å². The monoisotopic (exact) mass is 298 g/mol. The average Bonchev–Trinajstić information content (AvgIpc) is 2.47. The van der Waals surface area contributed by atoms with Gasteiger partial charge < -0.3 is 10.6 Å². The van der Waals surface area contributed by atoms with Crippen LogP contribution >= 0.6 is 0 Å². The minimum Gasteiger partial charge on any atom is -0.354 e. The van der Waals surface area contributed by atoms with Crippen LogP contribution < -0.4 is 10.6 Å². The van der Waals surface area contributed by atoms with Crippen molar-refractivity contribution >= 4 is 17.5 Å². The summed E-state index contributed by atoms with van der Waals surface area (Å²) in [5.41, 5.74) is 4.49. The van der Waals surface area contributed by atoms with Crippen molar-refractivity contribution in [1.82, 2.24) is 9.97 Å². The Labute approximate surface area is 133 Å². The number of rotatable bonds is 7. The van der Waals surface area contributed by atoms with Gasteiger partial charge in [0.05, 0.1) is 0 Å². The lowest BCUT2D eigenvalue weighted by atomic mass is 10.1. The largest absolute Gasteiger partial charge is 0.354 e. The molecule has 4 nitrogen and oxygen atoms in total. The van der Waals surface area contributed by atoms with Crippen molar-refractivity contribution in [3.63, 3.8) is 0 Å². The van der Waals surface area contributed by atoms with Crippen molar-refractivity contribution < 1.29 is 0 Å². The van der Waals surface area contributed by atoms with E-state index in [2.05, 4.69) is 59.6 Å². The second kappa shape index (κ2) is 7.78. The zero-order valence-corrected chi connectivity index (χ0v) is 14.0. The number of aromatic nitrogens is 2. The number of aryl methyl sites for hydroxylation is 3. The predicted molar refractivity (Wildman–Crippen MR) is 94.0 cm³/mol. The Hall–Kier alpha value is -2.10. The average molecular weight is 298 g/mol. The van der Waals surface area contributed by atoms with Crippen molar-refractivity contribution in [2.75, 3.05) is 17.2 Å². The highest BCUT2D eigenvalue weighted by Gasteiger charge is 2.04. The van der Waals surface area contributed by atoms with E-state index in [1.165, 1.54) is 24.0 Å². The Morgan fingerprint density at radius 3 is 2.59 bits per heavy atom. The molecule has 0 bridgehead atoms. The molecule has 0 aliphatic heterocycles. The molecule has 0 atom stereocenters. The molecule has 4 heteroatoms. The molecule has 0 aliphatic rings. The molecule has 2 N–H and O–H groups in total. The van der Waals surface area contributed by atoms with Crippen molar-refractivity contribution in [2.45, 2.75) is 47.0 Å². The van der Waals surface area contributed by atoms with Gasteiger partial charge in [-0.15, -0.1) is 0 Å². The Bertz CT molecular complexity index is 622. The van der Waals surface area contributed by atoms with E-state index in [1.54, 1.807) is 0 Å². The number of nitrogens with one attached hydrogen (secondary N) is 2. The van der Waals surface area contributed by atoms with Crippen LogP contribution in [-0.2, 0) is 0 Å². The summed E-state index contributed by atoms with van der Waals surface area (Å²) in [5, 5.41) is 6.71. The van der Waals surface area contributed by atoms with Gasteiger partial charge in [-0.05, 0) is 44.4 Å². The zero-order chi connectivity index (χ0) is 15.9. The van der Waals surface area contributed by atoms with E-state index in [0.29, 0.717) is 5.95 Å². The Balaban J connectivity index is 2.10. The number of hydrogen-bond acceptors (Lipinski definition) is 4. The summed E-state index contributed by atoms with van der Waals surface area (Å²) in [6.07, 6.45) is 3.59. The van der Waals surface area contributed by atoms with Crippen LogP contribution in [0.4, 0.5) is 17.5 Å².